The molecule has 0 radical (unpaired) electrons. The van der Waals surface area contributed by atoms with E-state index in [-0.39, 0.29) is 24.0 Å². The number of amides is 3. The van der Waals surface area contributed by atoms with E-state index in [4.69, 9.17) is 4.74 Å². The molecule has 2 aliphatic rings. The summed E-state index contributed by atoms with van der Waals surface area (Å²) in [5.74, 6) is 1.09. The zero-order valence-electron chi connectivity index (χ0n) is 22.9. The SMILES string of the molecule is C=CC(=C)NC1CCCC1NC(=O)c1sc2nccc3c2c1NC(=O)N3c1ccc(Oc2cccnc2C)cc1C. The Hall–Kier alpha value is -4.70. The van der Waals surface area contributed by atoms with Crippen LogP contribution in [0.1, 0.15) is 40.2 Å². The van der Waals surface area contributed by atoms with E-state index in [1.54, 1.807) is 29.4 Å². The lowest BCUT2D eigenvalue weighted by Crippen LogP contribution is -2.46. The van der Waals surface area contributed by atoms with E-state index in [1.807, 2.05) is 44.2 Å². The van der Waals surface area contributed by atoms with Crippen molar-refractivity contribution in [2.45, 2.75) is 45.2 Å². The van der Waals surface area contributed by atoms with Gasteiger partial charge in [0.15, 0.2) is 0 Å². The molecule has 1 aromatic carbocycles. The van der Waals surface area contributed by atoms with Crippen LogP contribution in [0.4, 0.5) is 21.9 Å². The number of nitrogens with one attached hydrogen (secondary N) is 3. The summed E-state index contributed by atoms with van der Waals surface area (Å²) >= 11 is 1.28. The summed E-state index contributed by atoms with van der Waals surface area (Å²) in [6, 6.07) is 10.7. The van der Waals surface area contributed by atoms with Gasteiger partial charge in [0.25, 0.3) is 5.91 Å². The van der Waals surface area contributed by atoms with Crippen LogP contribution in [-0.4, -0.2) is 34.0 Å². The van der Waals surface area contributed by atoms with Crippen molar-refractivity contribution < 1.29 is 14.3 Å². The standard InChI is InChI=1S/C31H30N6O3S/c1-5-18(3)34-21-8-6-9-22(21)35-29(38)28-27-26-24(13-15-33-30(26)41-28)37(31(39)36-27)23-12-11-20(16-17(23)2)40-25-10-7-14-32-19(25)4/h5,7,10-16,21-22,34H,1,3,6,8-9H2,2,4H3,(H,35,38)(H,36,39). The van der Waals surface area contributed by atoms with Gasteiger partial charge in [-0.2, -0.15) is 0 Å². The van der Waals surface area contributed by atoms with Gasteiger partial charge in [0, 0.05) is 30.2 Å². The van der Waals surface area contributed by atoms with E-state index in [0.717, 1.165) is 41.6 Å². The van der Waals surface area contributed by atoms with E-state index in [9.17, 15) is 9.59 Å². The largest absolute Gasteiger partial charge is 0.455 e. The van der Waals surface area contributed by atoms with Crippen molar-refractivity contribution in [2.75, 3.05) is 10.2 Å². The number of hydrogen-bond donors (Lipinski definition) is 3. The number of allylic oxidation sites excluding steroid dienone is 1. The molecule has 4 aromatic rings. The lowest BCUT2D eigenvalue weighted by Gasteiger charge is -2.30. The van der Waals surface area contributed by atoms with Gasteiger partial charge in [-0.15, -0.1) is 11.3 Å². The van der Waals surface area contributed by atoms with Crippen LogP contribution in [0.2, 0.25) is 0 Å². The van der Waals surface area contributed by atoms with Gasteiger partial charge in [-0.05, 0) is 81.1 Å². The van der Waals surface area contributed by atoms with Crippen LogP contribution < -0.4 is 25.6 Å². The van der Waals surface area contributed by atoms with E-state index in [2.05, 4.69) is 39.1 Å². The second-order valence-electron chi connectivity index (χ2n) is 10.2. The summed E-state index contributed by atoms with van der Waals surface area (Å²) in [5.41, 5.74) is 4.24. The van der Waals surface area contributed by atoms with Gasteiger partial charge in [0.2, 0.25) is 0 Å². The van der Waals surface area contributed by atoms with E-state index < -0.39 is 0 Å². The first-order valence-electron chi connectivity index (χ1n) is 13.5. The number of aryl methyl sites for hydroxylation is 2. The maximum absolute atomic E-state index is 13.6. The molecule has 208 valence electrons. The third kappa shape index (κ3) is 4.91. The first-order chi connectivity index (χ1) is 19.8. The molecule has 3 N–H and O–H groups in total. The molecule has 0 bridgehead atoms. The molecule has 4 heterocycles. The summed E-state index contributed by atoms with van der Waals surface area (Å²) < 4.78 is 6.04. The van der Waals surface area contributed by atoms with Crippen molar-refractivity contribution in [3.05, 3.63) is 89.9 Å². The van der Waals surface area contributed by atoms with Crippen LogP contribution in [0.5, 0.6) is 11.5 Å². The van der Waals surface area contributed by atoms with Crippen LogP contribution in [0, 0.1) is 13.8 Å². The van der Waals surface area contributed by atoms with E-state index in [1.165, 1.54) is 11.3 Å². The topological polar surface area (TPSA) is 108 Å². The maximum Gasteiger partial charge on any atom is 0.331 e. The predicted molar refractivity (Wildman–Crippen MR) is 162 cm³/mol. The number of thiophene rings is 1. The number of aromatic nitrogens is 2. The van der Waals surface area contributed by atoms with Crippen LogP contribution in [-0.2, 0) is 0 Å². The van der Waals surface area contributed by atoms with Gasteiger partial charge >= 0.3 is 6.03 Å². The Morgan fingerprint density at radius 3 is 2.68 bits per heavy atom. The average Bonchev–Trinajstić information content (AvgIpc) is 3.55. The van der Waals surface area contributed by atoms with E-state index in [0.29, 0.717) is 38.3 Å². The summed E-state index contributed by atoms with van der Waals surface area (Å²) in [5, 5.41) is 10.2. The highest BCUT2D eigenvalue weighted by Crippen LogP contribution is 2.46. The Morgan fingerprint density at radius 2 is 1.93 bits per heavy atom. The molecule has 1 saturated carbocycles. The molecular formula is C31H30N6O3S. The fourth-order valence-corrected chi connectivity index (χ4v) is 6.49. The van der Waals surface area contributed by atoms with Gasteiger partial charge in [-0.3, -0.25) is 14.7 Å². The van der Waals surface area contributed by atoms with Gasteiger partial charge in [0.1, 0.15) is 21.2 Å². The van der Waals surface area contributed by atoms with Gasteiger partial charge in [0.05, 0.1) is 28.1 Å². The third-order valence-electron chi connectivity index (χ3n) is 7.50. The number of ether oxygens (including phenoxy) is 1. The van der Waals surface area contributed by atoms with Crippen LogP contribution in [0.25, 0.3) is 10.2 Å². The highest BCUT2D eigenvalue weighted by Gasteiger charge is 2.35. The monoisotopic (exact) mass is 566 g/mol. The molecule has 10 heteroatoms. The molecule has 6 rings (SSSR count). The lowest BCUT2D eigenvalue weighted by atomic mass is 10.1. The number of carbonyl (C=O) groups excluding carboxylic acids is 2. The number of benzene rings is 1. The zero-order valence-corrected chi connectivity index (χ0v) is 23.7. The number of urea groups is 1. The highest BCUT2D eigenvalue weighted by atomic mass is 32.1. The molecule has 41 heavy (non-hydrogen) atoms. The molecule has 1 aliphatic carbocycles. The lowest BCUT2D eigenvalue weighted by molar-refractivity contribution is 0.0937. The minimum absolute atomic E-state index is 0.0568. The van der Waals surface area contributed by atoms with Gasteiger partial charge in [-0.25, -0.2) is 9.78 Å². The number of anilines is 3. The van der Waals surface area contributed by atoms with Crippen LogP contribution in [0.15, 0.2) is 73.7 Å². The number of rotatable bonds is 8. The maximum atomic E-state index is 13.6. The minimum Gasteiger partial charge on any atom is -0.455 e. The predicted octanol–water partition coefficient (Wildman–Crippen LogP) is 6.72. The highest BCUT2D eigenvalue weighted by molar-refractivity contribution is 7.21. The Balaban J connectivity index is 1.30. The summed E-state index contributed by atoms with van der Waals surface area (Å²) in [7, 11) is 0. The van der Waals surface area contributed by atoms with Crippen molar-refractivity contribution >= 4 is 50.6 Å². The fourth-order valence-electron chi connectivity index (χ4n) is 5.47. The van der Waals surface area contributed by atoms with Crippen molar-refractivity contribution in [3.63, 3.8) is 0 Å². The molecule has 9 nitrogen and oxygen atoms in total. The van der Waals surface area contributed by atoms with Gasteiger partial charge in [-0.1, -0.05) is 13.2 Å². The molecule has 3 aromatic heterocycles. The smallest absolute Gasteiger partial charge is 0.331 e. The Bertz CT molecular complexity index is 1710. The summed E-state index contributed by atoms with van der Waals surface area (Å²) in [6.45, 7) is 11.5. The quantitative estimate of drug-likeness (QED) is 0.204. The molecule has 3 amide bonds. The number of pyridine rings is 2. The molecular weight excluding hydrogens is 536 g/mol. The minimum atomic E-state index is -0.347. The second-order valence-corrected chi connectivity index (χ2v) is 11.2. The second kappa shape index (κ2) is 10.7. The molecule has 1 aliphatic heterocycles. The van der Waals surface area contributed by atoms with Crippen molar-refractivity contribution in [1.82, 2.24) is 20.6 Å². The Labute approximate surface area is 242 Å². The van der Waals surface area contributed by atoms with E-state index >= 15 is 0 Å². The van der Waals surface area contributed by atoms with Crippen molar-refractivity contribution in [1.29, 1.82) is 0 Å². The number of carbonyl (C=O) groups is 2. The molecule has 0 spiro atoms. The molecule has 0 saturated heterocycles. The van der Waals surface area contributed by atoms with Crippen LogP contribution >= 0.6 is 11.3 Å². The van der Waals surface area contributed by atoms with Gasteiger partial charge < -0.3 is 20.7 Å². The Kier molecular flexibility index (Phi) is 6.92. The molecule has 1 fully saturated rings. The van der Waals surface area contributed by atoms with Crippen LogP contribution in [0.3, 0.4) is 0 Å². The zero-order chi connectivity index (χ0) is 28.7. The average molecular weight is 567 g/mol. The third-order valence-corrected chi connectivity index (χ3v) is 8.59. The Morgan fingerprint density at radius 1 is 1.12 bits per heavy atom. The van der Waals surface area contributed by atoms with Crippen molar-refractivity contribution in [3.8, 4) is 11.5 Å². The fraction of sp³-hybridized carbons (Fsp3) is 0.226. The van der Waals surface area contributed by atoms with Crippen molar-refractivity contribution in [2.24, 2.45) is 0 Å². The summed E-state index contributed by atoms with van der Waals surface area (Å²) in [4.78, 5) is 38.7. The molecule has 2 atom stereocenters. The first kappa shape index (κ1) is 26.5. The summed E-state index contributed by atoms with van der Waals surface area (Å²) in [6.07, 6.45) is 7.84. The normalized spacial score (nSPS) is 17.7. The first-order valence-corrected chi connectivity index (χ1v) is 14.3. The number of hydrogen-bond acceptors (Lipinski definition) is 7. The number of nitrogens with zero attached hydrogens (tertiary/aromatic N) is 3. The molecule has 2 unspecified atom stereocenters.